The van der Waals surface area contributed by atoms with Crippen molar-refractivity contribution in [2.45, 2.75) is 19.4 Å². The molecule has 0 aliphatic carbocycles. The van der Waals surface area contributed by atoms with Gasteiger partial charge in [0, 0.05) is 12.6 Å². The van der Waals surface area contributed by atoms with Gasteiger partial charge in [-0.25, -0.2) is 0 Å². The number of benzene rings is 3. The van der Waals surface area contributed by atoms with Crippen molar-refractivity contribution in [3.63, 3.8) is 0 Å². The van der Waals surface area contributed by atoms with Crippen molar-refractivity contribution in [3.05, 3.63) is 83.9 Å². The molecule has 0 saturated carbocycles. The van der Waals surface area contributed by atoms with Crippen LogP contribution in [0.25, 0.3) is 10.8 Å². The number of fused-ring (bicyclic) bond motifs is 1. The summed E-state index contributed by atoms with van der Waals surface area (Å²) in [5, 5.41) is 8.76. The van der Waals surface area contributed by atoms with Gasteiger partial charge in [-0.2, -0.15) is 0 Å². The molecular formula is C22H24N2O. The summed E-state index contributed by atoms with van der Waals surface area (Å²) in [6.07, 6.45) is 0.853. The van der Waals surface area contributed by atoms with Gasteiger partial charge in [0.1, 0.15) is 0 Å². The summed E-state index contributed by atoms with van der Waals surface area (Å²) < 4.78 is 0. The molecule has 3 aromatic carbocycles. The smallest absolute Gasteiger partial charge is 0.233 e. The third-order valence-electron chi connectivity index (χ3n) is 4.44. The lowest BCUT2D eigenvalue weighted by molar-refractivity contribution is -0.120. The van der Waals surface area contributed by atoms with E-state index in [0.717, 1.165) is 6.42 Å². The van der Waals surface area contributed by atoms with Gasteiger partial charge in [-0.1, -0.05) is 72.8 Å². The molecule has 128 valence electrons. The number of nitrogens with one attached hydrogen (secondary N) is 2. The van der Waals surface area contributed by atoms with Crippen LogP contribution in [-0.2, 0) is 11.2 Å². The average Bonchev–Trinajstić information content (AvgIpc) is 2.66. The van der Waals surface area contributed by atoms with E-state index in [0.29, 0.717) is 13.1 Å². The van der Waals surface area contributed by atoms with E-state index in [2.05, 4.69) is 66.1 Å². The fourth-order valence-electron chi connectivity index (χ4n) is 3.04. The van der Waals surface area contributed by atoms with Crippen molar-refractivity contribution in [2.75, 3.05) is 13.1 Å². The summed E-state index contributed by atoms with van der Waals surface area (Å²) in [4.78, 5) is 12.1. The summed E-state index contributed by atoms with van der Waals surface area (Å²) >= 11 is 0. The Labute approximate surface area is 149 Å². The van der Waals surface area contributed by atoms with Crippen LogP contribution in [0.2, 0.25) is 0 Å². The fourth-order valence-corrected chi connectivity index (χ4v) is 3.04. The zero-order valence-corrected chi connectivity index (χ0v) is 14.5. The molecule has 0 saturated heterocycles. The summed E-state index contributed by atoms with van der Waals surface area (Å²) in [7, 11) is 0. The minimum Gasteiger partial charge on any atom is -0.355 e. The van der Waals surface area contributed by atoms with Crippen LogP contribution in [0.15, 0.2) is 72.8 Å². The third kappa shape index (κ3) is 4.68. The number of hydrogen-bond acceptors (Lipinski definition) is 2. The highest BCUT2D eigenvalue weighted by Crippen LogP contribution is 2.23. The Morgan fingerprint density at radius 2 is 1.64 bits per heavy atom. The van der Waals surface area contributed by atoms with Crippen LogP contribution in [0.5, 0.6) is 0 Å². The first kappa shape index (κ1) is 17.2. The number of rotatable bonds is 7. The second-order valence-corrected chi connectivity index (χ2v) is 6.26. The monoisotopic (exact) mass is 332 g/mol. The molecule has 0 fully saturated rings. The zero-order chi connectivity index (χ0) is 17.5. The maximum absolute atomic E-state index is 12.1. The van der Waals surface area contributed by atoms with E-state index in [1.54, 1.807) is 0 Å². The van der Waals surface area contributed by atoms with Gasteiger partial charge in [0.2, 0.25) is 5.91 Å². The van der Waals surface area contributed by atoms with Crippen molar-refractivity contribution in [1.29, 1.82) is 0 Å². The molecule has 1 atom stereocenters. The predicted octanol–water partition coefficient (Wildman–Crippen LogP) is 3.85. The molecule has 0 unspecified atom stereocenters. The Kier molecular flexibility index (Phi) is 5.81. The van der Waals surface area contributed by atoms with Crippen molar-refractivity contribution in [3.8, 4) is 0 Å². The molecular weight excluding hydrogens is 308 g/mol. The van der Waals surface area contributed by atoms with Crippen LogP contribution < -0.4 is 10.6 Å². The van der Waals surface area contributed by atoms with Crippen LogP contribution in [0.4, 0.5) is 0 Å². The molecule has 0 aliphatic rings. The van der Waals surface area contributed by atoms with Crippen LogP contribution in [0.3, 0.4) is 0 Å². The van der Waals surface area contributed by atoms with Gasteiger partial charge in [-0.3, -0.25) is 4.79 Å². The second-order valence-electron chi connectivity index (χ2n) is 6.26. The summed E-state index contributed by atoms with van der Waals surface area (Å²) in [5.74, 6) is 0.0306. The molecule has 2 N–H and O–H groups in total. The highest BCUT2D eigenvalue weighted by molar-refractivity contribution is 5.86. The first-order chi connectivity index (χ1) is 12.2. The number of hydrogen-bond donors (Lipinski definition) is 2. The number of carbonyl (C=O) groups is 1. The van der Waals surface area contributed by atoms with Gasteiger partial charge < -0.3 is 10.6 Å². The molecule has 3 nitrogen and oxygen atoms in total. The van der Waals surface area contributed by atoms with Gasteiger partial charge in [0.25, 0.3) is 0 Å². The lowest BCUT2D eigenvalue weighted by atomic mass is 10.00. The van der Waals surface area contributed by atoms with E-state index >= 15 is 0 Å². The molecule has 0 radical (unpaired) electrons. The minimum absolute atomic E-state index is 0.0306. The van der Waals surface area contributed by atoms with E-state index in [4.69, 9.17) is 0 Å². The van der Waals surface area contributed by atoms with Crippen LogP contribution in [0, 0.1) is 0 Å². The lowest BCUT2D eigenvalue weighted by Gasteiger charge is -2.16. The van der Waals surface area contributed by atoms with Crippen LogP contribution >= 0.6 is 0 Å². The van der Waals surface area contributed by atoms with Gasteiger partial charge >= 0.3 is 0 Å². The predicted molar refractivity (Wildman–Crippen MR) is 104 cm³/mol. The Hall–Kier alpha value is -2.65. The maximum atomic E-state index is 12.1. The van der Waals surface area contributed by atoms with Gasteiger partial charge in [0.05, 0.1) is 6.54 Å². The minimum atomic E-state index is 0.0306. The Balaban J connectivity index is 1.49. The molecule has 0 heterocycles. The topological polar surface area (TPSA) is 41.1 Å². The molecule has 25 heavy (non-hydrogen) atoms. The highest BCUT2D eigenvalue weighted by atomic mass is 16.1. The van der Waals surface area contributed by atoms with Crippen LogP contribution in [0.1, 0.15) is 24.1 Å². The number of amides is 1. The largest absolute Gasteiger partial charge is 0.355 e. The normalized spacial score (nSPS) is 12.0. The van der Waals surface area contributed by atoms with Crippen LogP contribution in [-0.4, -0.2) is 19.0 Å². The average molecular weight is 332 g/mol. The van der Waals surface area contributed by atoms with Gasteiger partial charge in [-0.05, 0) is 35.2 Å². The SMILES string of the molecule is C[C@@H](NCC(=O)NCCc1ccccc1)c1cccc2ccccc12. The summed E-state index contributed by atoms with van der Waals surface area (Å²) in [6.45, 7) is 3.07. The van der Waals surface area contributed by atoms with E-state index < -0.39 is 0 Å². The first-order valence-electron chi connectivity index (χ1n) is 8.76. The zero-order valence-electron chi connectivity index (χ0n) is 14.5. The van der Waals surface area contributed by atoms with Crippen molar-refractivity contribution in [2.24, 2.45) is 0 Å². The standard InChI is InChI=1S/C22H24N2O/c1-17(20-13-7-11-19-10-5-6-12-21(19)20)24-16-22(25)23-15-14-18-8-3-2-4-9-18/h2-13,17,24H,14-16H2,1H3,(H,23,25)/t17-/m1/s1. The Bertz CT molecular complexity index is 824. The third-order valence-corrected chi connectivity index (χ3v) is 4.44. The van der Waals surface area contributed by atoms with E-state index in [-0.39, 0.29) is 11.9 Å². The Morgan fingerprint density at radius 1 is 0.920 bits per heavy atom. The molecule has 3 aromatic rings. The molecule has 1 amide bonds. The highest BCUT2D eigenvalue weighted by Gasteiger charge is 2.10. The van der Waals surface area contributed by atoms with Crippen molar-refractivity contribution >= 4 is 16.7 Å². The lowest BCUT2D eigenvalue weighted by Crippen LogP contribution is -2.36. The van der Waals surface area contributed by atoms with E-state index in [1.807, 2.05) is 24.3 Å². The molecule has 0 bridgehead atoms. The molecule has 0 aliphatic heterocycles. The second kappa shape index (κ2) is 8.45. The molecule has 0 aromatic heterocycles. The van der Waals surface area contributed by atoms with E-state index in [1.165, 1.54) is 21.9 Å². The first-order valence-corrected chi connectivity index (χ1v) is 8.76. The molecule has 3 heteroatoms. The molecule has 0 spiro atoms. The van der Waals surface area contributed by atoms with Crippen molar-refractivity contribution in [1.82, 2.24) is 10.6 Å². The summed E-state index contributed by atoms with van der Waals surface area (Å²) in [6, 6.07) is 24.9. The van der Waals surface area contributed by atoms with Crippen molar-refractivity contribution < 1.29 is 4.79 Å². The van der Waals surface area contributed by atoms with Gasteiger partial charge in [0.15, 0.2) is 0 Å². The number of carbonyl (C=O) groups excluding carboxylic acids is 1. The maximum Gasteiger partial charge on any atom is 0.233 e. The fraction of sp³-hybridized carbons (Fsp3) is 0.227. The summed E-state index contributed by atoms with van der Waals surface area (Å²) in [5.41, 5.74) is 2.45. The van der Waals surface area contributed by atoms with Gasteiger partial charge in [-0.15, -0.1) is 0 Å². The molecule has 3 rings (SSSR count). The Morgan fingerprint density at radius 3 is 2.48 bits per heavy atom. The quantitative estimate of drug-likeness (QED) is 0.690. The van der Waals surface area contributed by atoms with E-state index in [9.17, 15) is 4.79 Å².